The highest BCUT2D eigenvalue weighted by molar-refractivity contribution is 6.30. The highest BCUT2D eigenvalue weighted by Gasteiger charge is 2.59. The van der Waals surface area contributed by atoms with Crippen molar-refractivity contribution in [3.8, 4) is 6.07 Å². The van der Waals surface area contributed by atoms with Gasteiger partial charge in [-0.2, -0.15) is 5.26 Å². The molecule has 1 aliphatic heterocycles. The van der Waals surface area contributed by atoms with Gasteiger partial charge in [-0.3, -0.25) is 4.79 Å². The van der Waals surface area contributed by atoms with Crippen LogP contribution < -0.4 is 10.6 Å². The largest absolute Gasteiger partial charge is 0.396 e. The summed E-state index contributed by atoms with van der Waals surface area (Å²) in [5.74, 6) is -0.678. The summed E-state index contributed by atoms with van der Waals surface area (Å²) in [6, 6.07) is 16.4. The van der Waals surface area contributed by atoms with Crippen LogP contribution >= 0.6 is 23.2 Å². The van der Waals surface area contributed by atoms with E-state index in [-0.39, 0.29) is 24.0 Å². The molecule has 1 aliphatic rings. The molecule has 0 radical (unpaired) electrons. The molecule has 7 heteroatoms. The molecule has 4 atom stereocenters. The molecule has 0 aromatic heterocycles. The number of amides is 1. The lowest BCUT2D eigenvalue weighted by Gasteiger charge is -2.37. The van der Waals surface area contributed by atoms with Gasteiger partial charge >= 0.3 is 0 Å². The summed E-state index contributed by atoms with van der Waals surface area (Å²) in [5.41, 5.74) is 0.520. The fourth-order valence-corrected chi connectivity index (χ4v) is 5.18. The van der Waals surface area contributed by atoms with E-state index in [1.807, 2.05) is 30.3 Å². The molecule has 1 amide bonds. The van der Waals surface area contributed by atoms with Crippen molar-refractivity contribution < 1.29 is 9.90 Å². The number of nitrogens with one attached hydrogen (secondary N) is 2. The van der Waals surface area contributed by atoms with E-state index in [2.05, 4.69) is 37.5 Å². The summed E-state index contributed by atoms with van der Waals surface area (Å²) in [5, 5.41) is 27.5. The van der Waals surface area contributed by atoms with Gasteiger partial charge in [-0.25, -0.2) is 0 Å². The van der Waals surface area contributed by atoms with E-state index < -0.39 is 17.4 Å². The van der Waals surface area contributed by atoms with Crippen molar-refractivity contribution in [2.45, 2.75) is 57.0 Å². The quantitative estimate of drug-likeness (QED) is 0.489. The van der Waals surface area contributed by atoms with Gasteiger partial charge in [0.05, 0.1) is 12.1 Å². The van der Waals surface area contributed by atoms with Gasteiger partial charge in [0.25, 0.3) is 0 Å². The third-order valence-electron chi connectivity index (χ3n) is 6.20. The first kappa shape index (κ1) is 25.5. The lowest BCUT2D eigenvalue weighted by atomic mass is 9.63. The van der Waals surface area contributed by atoms with Crippen LogP contribution in [0.15, 0.2) is 48.5 Å². The van der Waals surface area contributed by atoms with E-state index in [1.54, 1.807) is 18.2 Å². The molecule has 0 spiro atoms. The Morgan fingerprint density at radius 1 is 1.18 bits per heavy atom. The lowest BCUT2D eigenvalue weighted by Crippen LogP contribution is -2.45. The minimum absolute atomic E-state index is 0.00431. The maximum absolute atomic E-state index is 13.4. The van der Waals surface area contributed by atoms with E-state index in [0.717, 1.165) is 11.1 Å². The summed E-state index contributed by atoms with van der Waals surface area (Å²) in [6.07, 6.45) is 1.15. The summed E-state index contributed by atoms with van der Waals surface area (Å²) in [4.78, 5) is 13.4. The zero-order valence-electron chi connectivity index (χ0n) is 19.2. The van der Waals surface area contributed by atoms with Gasteiger partial charge in [-0.1, -0.05) is 68.2 Å². The zero-order chi connectivity index (χ0) is 24.2. The molecular formula is C26H31Cl2N3O2. The van der Waals surface area contributed by atoms with Crippen molar-refractivity contribution in [1.29, 1.82) is 5.26 Å². The van der Waals surface area contributed by atoms with Gasteiger partial charge in [0.15, 0.2) is 0 Å². The lowest BCUT2D eigenvalue weighted by molar-refractivity contribution is -0.123. The predicted octanol–water partition coefficient (Wildman–Crippen LogP) is 4.81. The van der Waals surface area contributed by atoms with Crippen LogP contribution in [0.3, 0.4) is 0 Å². The van der Waals surface area contributed by atoms with Crippen molar-refractivity contribution in [2.75, 3.05) is 13.2 Å². The average molecular weight is 488 g/mol. The van der Waals surface area contributed by atoms with Crippen LogP contribution in [0.25, 0.3) is 0 Å². The predicted molar refractivity (Wildman–Crippen MR) is 132 cm³/mol. The molecule has 3 N–H and O–H groups in total. The standard InChI is InChI=1S/C26H31Cl2N3O2/c1-25(2,3)15-21-26(16-29,18-8-10-19(27)11-9-18)22(17-6-4-7-20(28)14-17)23(31-21)24(33)30-12-5-13-32/h4,6-11,14,21-23,31-32H,5,12-13,15H2,1-3H3,(H,30,33). The maximum atomic E-state index is 13.4. The van der Waals surface area contributed by atoms with Gasteiger partial charge in [0.2, 0.25) is 5.91 Å². The average Bonchev–Trinajstić information content (AvgIpc) is 3.07. The second kappa shape index (κ2) is 10.4. The van der Waals surface area contributed by atoms with Gasteiger partial charge in [0, 0.05) is 35.2 Å². The fraction of sp³-hybridized carbons (Fsp3) is 0.462. The van der Waals surface area contributed by atoms with Crippen LogP contribution in [-0.2, 0) is 10.2 Å². The molecular weight excluding hydrogens is 457 g/mol. The Kier molecular flexibility index (Phi) is 8.08. The number of halogens is 2. The van der Waals surface area contributed by atoms with Crippen molar-refractivity contribution in [3.05, 3.63) is 69.7 Å². The first-order chi connectivity index (χ1) is 15.6. The second-order valence-electron chi connectivity index (χ2n) is 9.85. The Hall–Kier alpha value is -2.10. The van der Waals surface area contributed by atoms with E-state index in [1.165, 1.54) is 0 Å². The van der Waals surface area contributed by atoms with Crippen LogP contribution in [0, 0.1) is 16.7 Å². The Labute approximate surface area is 206 Å². The number of carbonyl (C=O) groups excluding carboxylic acids is 1. The van der Waals surface area contributed by atoms with Crippen LogP contribution in [-0.4, -0.2) is 36.2 Å². The van der Waals surface area contributed by atoms with Crippen molar-refractivity contribution >= 4 is 29.1 Å². The fourth-order valence-electron chi connectivity index (χ4n) is 4.86. The first-order valence-corrected chi connectivity index (χ1v) is 12.0. The molecule has 1 fully saturated rings. The van der Waals surface area contributed by atoms with Crippen LogP contribution in [0.5, 0.6) is 0 Å². The number of aliphatic hydroxyl groups excluding tert-OH is 1. The highest BCUT2D eigenvalue weighted by Crippen LogP contribution is 2.51. The topological polar surface area (TPSA) is 85.2 Å². The van der Waals surface area contributed by atoms with Gasteiger partial charge in [-0.05, 0) is 53.6 Å². The van der Waals surface area contributed by atoms with Crippen LogP contribution in [0.2, 0.25) is 10.0 Å². The Balaban J connectivity index is 2.20. The molecule has 0 saturated carbocycles. The number of benzene rings is 2. The van der Waals surface area contributed by atoms with Crippen molar-refractivity contribution in [2.24, 2.45) is 5.41 Å². The number of nitrogens with zero attached hydrogens (tertiary/aromatic N) is 1. The summed E-state index contributed by atoms with van der Waals surface area (Å²) < 4.78 is 0. The third-order valence-corrected chi connectivity index (χ3v) is 6.69. The van der Waals surface area contributed by atoms with Crippen molar-refractivity contribution in [3.63, 3.8) is 0 Å². The zero-order valence-corrected chi connectivity index (χ0v) is 20.7. The van der Waals surface area contributed by atoms with Crippen LogP contribution in [0.1, 0.15) is 50.7 Å². The minimum Gasteiger partial charge on any atom is -0.396 e. The van der Waals surface area contributed by atoms with Crippen LogP contribution in [0.4, 0.5) is 0 Å². The van der Waals surface area contributed by atoms with Gasteiger partial charge < -0.3 is 15.7 Å². The van der Waals surface area contributed by atoms with Gasteiger partial charge in [-0.15, -0.1) is 0 Å². The highest BCUT2D eigenvalue weighted by atomic mass is 35.5. The molecule has 2 aromatic rings. The molecule has 176 valence electrons. The molecule has 0 aliphatic carbocycles. The Bertz CT molecular complexity index is 1010. The maximum Gasteiger partial charge on any atom is 0.237 e. The SMILES string of the molecule is CC(C)(C)CC1NC(C(=O)NCCCO)C(c2cccc(Cl)c2)C1(C#N)c1ccc(Cl)cc1. The molecule has 5 nitrogen and oxygen atoms in total. The molecule has 2 aromatic carbocycles. The minimum atomic E-state index is -1.03. The molecule has 1 heterocycles. The monoisotopic (exact) mass is 487 g/mol. The third kappa shape index (κ3) is 5.53. The first-order valence-electron chi connectivity index (χ1n) is 11.2. The molecule has 1 saturated heterocycles. The van der Waals surface area contributed by atoms with E-state index >= 15 is 0 Å². The van der Waals surface area contributed by atoms with E-state index in [9.17, 15) is 10.1 Å². The van der Waals surface area contributed by atoms with E-state index in [0.29, 0.717) is 29.4 Å². The molecule has 33 heavy (non-hydrogen) atoms. The van der Waals surface area contributed by atoms with Gasteiger partial charge in [0.1, 0.15) is 5.41 Å². The number of hydrogen-bond donors (Lipinski definition) is 3. The molecule has 0 bridgehead atoms. The molecule has 3 rings (SSSR count). The summed E-state index contributed by atoms with van der Waals surface area (Å²) in [7, 11) is 0. The normalized spacial score (nSPS) is 24.9. The van der Waals surface area contributed by atoms with Crippen molar-refractivity contribution in [1.82, 2.24) is 10.6 Å². The number of hydrogen-bond acceptors (Lipinski definition) is 4. The smallest absolute Gasteiger partial charge is 0.237 e. The number of aliphatic hydroxyl groups is 1. The summed E-state index contributed by atoms with van der Waals surface area (Å²) in [6.45, 7) is 6.74. The Morgan fingerprint density at radius 3 is 2.45 bits per heavy atom. The second-order valence-corrected chi connectivity index (χ2v) is 10.7. The number of carbonyl (C=O) groups is 1. The van der Waals surface area contributed by atoms with E-state index in [4.69, 9.17) is 28.3 Å². The number of rotatable bonds is 7. The summed E-state index contributed by atoms with van der Waals surface area (Å²) >= 11 is 12.5. The Morgan fingerprint density at radius 2 is 1.88 bits per heavy atom. The molecule has 4 unspecified atom stereocenters. The number of nitriles is 1.